The fraction of sp³-hybridized carbons (Fsp3) is 0.600. The van der Waals surface area contributed by atoms with Crippen molar-refractivity contribution >= 4 is 35.3 Å². The summed E-state index contributed by atoms with van der Waals surface area (Å²) >= 11 is 6.01. The number of hydrogen-bond acceptors (Lipinski definition) is 5. The highest BCUT2D eigenvalue weighted by molar-refractivity contribution is 6.33. The maximum Gasteiger partial charge on any atom is 0.417 e. The quantitative estimate of drug-likeness (QED) is 0.682. The van der Waals surface area contributed by atoms with Crippen molar-refractivity contribution in [2.45, 2.75) is 43.8 Å². The third kappa shape index (κ3) is 4.22. The first-order valence-electron chi connectivity index (χ1n) is 10.5. The lowest BCUT2D eigenvalue weighted by molar-refractivity contribution is -0.139. The number of halogens is 4. The van der Waals surface area contributed by atoms with Crippen molar-refractivity contribution < 1.29 is 27.6 Å². The maximum atomic E-state index is 12.8. The van der Waals surface area contributed by atoms with Gasteiger partial charge in [-0.3, -0.25) is 14.5 Å². The Morgan fingerprint density at radius 2 is 1.78 bits per heavy atom. The normalized spacial score (nSPS) is 21.3. The van der Waals surface area contributed by atoms with E-state index in [0.29, 0.717) is 25.9 Å². The van der Waals surface area contributed by atoms with E-state index in [1.807, 2.05) is 0 Å². The fourth-order valence-electron chi connectivity index (χ4n) is 4.54. The molecule has 8 nitrogen and oxygen atoms in total. The van der Waals surface area contributed by atoms with Gasteiger partial charge in [-0.15, -0.1) is 0 Å². The molecular weight excluding hydrogens is 451 g/mol. The summed E-state index contributed by atoms with van der Waals surface area (Å²) in [6.45, 7) is 0.840. The molecule has 0 atom stereocenters. The lowest BCUT2D eigenvalue weighted by atomic mass is 9.82. The molecule has 0 bridgehead atoms. The Balaban J connectivity index is 1.35. The van der Waals surface area contributed by atoms with Gasteiger partial charge in [-0.1, -0.05) is 30.9 Å². The van der Waals surface area contributed by atoms with Crippen LogP contribution in [0.1, 0.15) is 37.7 Å². The number of nitrogens with zero attached hydrogens (tertiary/aromatic N) is 4. The summed E-state index contributed by atoms with van der Waals surface area (Å²) in [6.07, 6.45) is 0.107. The molecule has 4 amide bonds. The number of carbonyl (C=O) groups excluding carboxylic acids is 3. The Bertz CT molecular complexity index is 928. The van der Waals surface area contributed by atoms with Crippen molar-refractivity contribution in [3.8, 4) is 0 Å². The zero-order valence-corrected chi connectivity index (χ0v) is 18.0. The summed E-state index contributed by atoms with van der Waals surface area (Å²) in [4.78, 5) is 46.0. The number of carbonyl (C=O) groups is 3. The standard InChI is InChI=1S/C20H23ClF3N5O3/c21-14-10-13(20(22,23)24)11-25-16(14)28-8-6-27(7-9-28)15(30)12-29-17(31)19(26-18(29)32)4-2-1-3-5-19/h10-11H,1-9,12H2,(H,26,32). The first kappa shape index (κ1) is 22.6. The molecule has 0 unspecified atom stereocenters. The number of nitrogens with one attached hydrogen (secondary N) is 1. The number of anilines is 1. The van der Waals surface area contributed by atoms with Crippen LogP contribution in [0.2, 0.25) is 5.02 Å². The molecular formula is C20H23ClF3N5O3. The minimum absolute atomic E-state index is 0.114. The summed E-state index contributed by atoms with van der Waals surface area (Å²) in [5.74, 6) is -0.470. The van der Waals surface area contributed by atoms with Crippen LogP contribution in [0.4, 0.5) is 23.8 Å². The van der Waals surface area contributed by atoms with Crippen molar-refractivity contribution in [1.29, 1.82) is 0 Å². The van der Waals surface area contributed by atoms with Gasteiger partial charge in [0, 0.05) is 32.4 Å². The number of rotatable bonds is 3. The average molecular weight is 474 g/mol. The highest BCUT2D eigenvalue weighted by Gasteiger charge is 2.51. The van der Waals surface area contributed by atoms with E-state index in [1.165, 1.54) is 4.90 Å². The van der Waals surface area contributed by atoms with Crippen LogP contribution in [0, 0.1) is 0 Å². The number of imide groups is 1. The SMILES string of the molecule is O=C(CN1C(=O)NC2(CCCCC2)C1=O)N1CCN(c2ncc(C(F)(F)F)cc2Cl)CC1. The van der Waals surface area contributed by atoms with Gasteiger partial charge in [0.1, 0.15) is 17.9 Å². The second-order valence-corrected chi connectivity index (χ2v) is 8.77. The largest absolute Gasteiger partial charge is 0.417 e. The molecule has 3 fully saturated rings. The van der Waals surface area contributed by atoms with E-state index in [-0.39, 0.29) is 42.3 Å². The van der Waals surface area contributed by atoms with E-state index < -0.39 is 23.3 Å². The Kier molecular flexibility index (Phi) is 5.95. The number of amides is 4. The van der Waals surface area contributed by atoms with Crippen LogP contribution in [0.25, 0.3) is 0 Å². The van der Waals surface area contributed by atoms with Crippen molar-refractivity contribution in [1.82, 2.24) is 20.1 Å². The lowest BCUT2D eigenvalue weighted by Gasteiger charge is -2.36. The average Bonchev–Trinajstić information content (AvgIpc) is 2.97. The summed E-state index contributed by atoms with van der Waals surface area (Å²) in [7, 11) is 0. The van der Waals surface area contributed by atoms with Gasteiger partial charge in [-0.05, 0) is 18.9 Å². The molecule has 32 heavy (non-hydrogen) atoms. The number of hydrogen-bond donors (Lipinski definition) is 1. The van der Waals surface area contributed by atoms with Crippen LogP contribution in [0.15, 0.2) is 12.3 Å². The molecule has 0 aromatic carbocycles. The van der Waals surface area contributed by atoms with E-state index in [1.54, 1.807) is 4.90 Å². The minimum atomic E-state index is -4.53. The maximum absolute atomic E-state index is 12.8. The summed E-state index contributed by atoms with van der Waals surface area (Å²) in [5, 5.41) is 2.67. The van der Waals surface area contributed by atoms with Gasteiger partial charge >= 0.3 is 12.2 Å². The molecule has 3 aliphatic rings. The number of alkyl halides is 3. The molecule has 1 aliphatic carbocycles. The van der Waals surface area contributed by atoms with Gasteiger partial charge in [-0.25, -0.2) is 9.78 Å². The Labute approximate surface area is 187 Å². The molecule has 1 aromatic rings. The Hall–Kier alpha value is -2.56. The highest BCUT2D eigenvalue weighted by Crippen LogP contribution is 2.35. The Morgan fingerprint density at radius 1 is 1.12 bits per heavy atom. The van der Waals surface area contributed by atoms with Crippen LogP contribution < -0.4 is 10.2 Å². The van der Waals surface area contributed by atoms with Gasteiger partial charge in [0.25, 0.3) is 5.91 Å². The van der Waals surface area contributed by atoms with Crippen molar-refractivity contribution in [2.75, 3.05) is 37.6 Å². The molecule has 0 radical (unpaired) electrons. The topological polar surface area (TPSA) is 85.8 Å². The van der Waals surface area contributed by atoms with Crippen molar-refractivity contribution in [3.63, 3.8) is 0 Å². The molecule has 2 aliphatic heterocycles. The molecule has 1 N–H and O–H groups in total. The summed E-state index contributed by atoms with van der Waals surface area (Å²) in [6, 6.07) is 0.296. The van der Waals surface area contributed by atoms with Gasteiger partial charge in [0.15, 0.2) is 0 Å². The number of piperazine rings is 1. The second-order valence-electron chi connectivity index (χ2n) is 8.36. The van der Waals surface area contributed by atoms with Crippen molar-refractivity contribution in [3.05, 3.63) is 22.8 Å². The molecule has 1 aromatic heterocycles. The number of urea groups is 1. The summed E-state index contributed by atoms with van der Waals surface area (Å²) < 4.78 is 38.4. The van der Waals surface area contributed by atoms with Gasteiger partial charge in [-0.2, -0.15) is 13.2 Å². The first-order valence-corrected chi connectivity index (χ1v) is 10.9. The Morgan fingerprint density at radius 3 is 2.38 bits per heavy atom. The second kappa shape index (κ2) is 8.42. The molecule has 2 saturated heterocycles. The van der Waals surface area contributed by atoms with Crippen LogP contribution in [0.3, 0.4) is 0 Å². The monoisotopic (exact) mass is 473 g/mol. The first-order chi connectivity index (χ1) is 15.1. The van der Waals surface area contributed by atoms with Gasteiger partial charge in [0.05, 0.1) is 10.6 Å². The third-order valence-electron chi connectivity index (χ3n) is 6.33. The third-order valence-corrected chi connectivity index (χ3v) is 6.61. The van der Waals surface area contributed by atoms with E-state index in [2.05, 4.69) is 10.3 Å². The molecule has 1 spiro atoms. The molecule has 1 saturated carbocycles. The van der Waals surface area contributed by atoms with E-state index >= 15 is 0 Å². The zero-order valence-electron chi connectivity index (χ0n) is 17.3. The fourth-order valence-corrected chi connectivity index (χ4v) is 4.82. The number of aromatic nitrogens is 1. The van der Waals surface area contributed by atoms with Gasteiger partial charge < -0.3 is 15.1 Å². The predicted octanol–water partition coefficient (Wildman–Crippen LogP) is 2.66. The predicted molar refractivity (Wildman–Crippen MR) is 109 cm³/mol. The van der Waals surface area contributed by atoms with Crippen LogP contribution in [-0.4, -0.2) is 70.9 Å². The molecule has 12 heteroatoms. The van der Waals surface area contributed by atoms with E-state index in [9.17, 15) is 27.6 Å². The van der Waals surface area contributed by atoms with Crippen LogP contribution in [0.5, 0.6) is 0 Å². The smallest absolute Gasteiger partial charge is 0.352 e. The van der Waals surface area contributed by atoms with Crippen molar-refractivity contribution in [2.24, 2.45) is 0 Å². The van der Waals surface area contributed by atoms with Gasteiger partial charge in [0.2, 0.25) is 5.91 Å². The lowest BCUT2D eigenvalue weighted by Crippen LogP contribution is -2.52. The molecule has 174 valence electrons. The van der Waals surface area contributed by atoms with E-state index in [0.717, 1.165) is 36.4 Å². The van der Waals surface area contributed by atoms with Crippen LogP contribution in [-0.2, 0) is 15.8 Å². The van der Waals surface area contributed by atoms with Crippen LogP contribution >= 0.6 is 11.6 Å². The zero-order chi connectivity index (χ0) is 23.1. The molecule has 4 rings (SSSR count). The number of pyridine rings is 1. The highest BCUT2D eigenvalue weighted by atomic mass is 35.5. The van der Waals surface area contributed by atoms with E-state index in [4.69, 9.17) is 11.6 Å². The molecule has 3 heterocycles. The minimum Gasteiger partial charge on any atom is -0.352 e. The summed E-state index contributed by atoms with van der Waals surface area (Å²) in [5.41, 5.74) is -1.80.